The van der Waals surface area contributed by atoms with Crippen LogP contribution in [0.1, 0.15) is 29.7 Å². The summed E-state index contributed by atoms with van der Waals surface area (Å²) >= 11 is 0. The van der Waals surface area contributed by atoms with Crippen LogP contribution in [0.5, 0.6) is 17.2 Å². The Balaban J connectivity index is 1.74. The van der Waals surface area contributed by atoms with Gasteiger partial charge in [-0.3, -0.25) is 4.79 Å². The highest BCUT2D eigenvalue weighted by molar-refractivity contribution is 5.82. The highest BCUT2D eigenvalue weighted by Crippen LogP contribution is 2.37. The van der Waals surface area contributed by atoms with E-state index >= 15 is 0 Å². The second-order valence-electron chi connectivity index (χ2n) is 6.75. The van der Waals surface area contributed by atoms with E-state index in [4.69, 9.17) is 9.47 Å². The molecule has 2 aromatic carbocycles. The van der Waals surface area contributed by atoms with E-state index in [1.807, 2.05) is 31.2 Å². The van der Waals surface area contributed by atoms with Crippen LogP contribution in [0.15, 0.2) is 36.4 Å². The van der Waals surface area contributed by atoms with Gasteiger partial charge in [-0.1, -0.05) is 12.1 Å². The molecule has 27 heavy (non-hydrogen) atoms. The fourth-order valence-electron chi connectivity index (χ4n) is 3.56. The number of hydrogen-bond acceptors (Lipinski definition) is 5. The van der Waals surface area contributed by atoms with E-state index in [0.717, 1.165) is 22.4 Å². The van der Waals surface area contributed by atoms with Gasteiger partial charge in [-0.15, -0.1) is 0 Å². The quantitative estimate of drug-likeness (QED) is 0.844. The van der Waals surface area contributed by atoms with Gasteiger partial charge in [0, 0.05) is 13.0 Å². The van der Waals surface area contributed by atoms with Crippen molar-refractivity contribution < 1.29 is 24.5 Å². The summed E-state index contributed by atoms with van der Waals surface area (Å²) < 4.78 is 10.3. The van der Waals surface area contributed by atoms with E-state index in [0.29, 0.717) is 18.7 Å². The van der Waals surface area contributed by atoms with Crippen LogP contribution >= 0.6 is 0 Å². The number of hydrogen-bond donors (Lipinski definition) is 2. The number of rotatable bonds is 5. The monoisotopic (exact) mass is 371 g/mol. The minimum Gasteiger partial charge on any atom is -0.504 e. The van der Waals surface area contributed by atoms with Crippen LogP contribution in [0, 0.1) is 0 Å². The maximum atomic E-state index is 12.8. The topological polar surface area (TPSA) is 79.2 Å². The third-order valence-corrected chi connectivity index (χ3v) is 5.14. The van der Waals surface area contributed by atoms with Gasteiger partial charge in [-0.25, -0.2) is 0 Å². The molecule has 0 aliphatic carbocycles. The third-order valence-electron chi connectivity index (χ3n) is 5.14. The largest absolute Gasteiger partial charge is 0.504 e. The van der Waals surface area contributed by atoms with Crippen LogP contribution in [0.2, 0.25) is 0 Å². The molecule has 2 aromatic rings. The SMILES string of the molecule is COc1ccc(CC(O)C(=O)N2CCc3cc(O)c(OC)cc3C2C)cc1. The molecule has 6 nitrogen and oxygen atoms in total. The molecule has 0 aromatic heterocycles. The van der Waals surface area contributed by atoms with Crippen molar-refractivity contribution in [3.05, 3.63) is 53.1 Å². The highest BCUT2D eigenvalue weighted by atomic mass is 16.5. The molecule has 0 spiro atoms. The molecule has 3 rings (SSSR count). The molecule has 2 unspecified atom stereocenters. The molecule has 0 bridgehead atoms. The van der Waals surface area contributed by atoms with Gasteiger partial charge in [0.1, 0.15) is 11.9 Å². The Morgan fingerprint density at radius 1 is 1.22 bits per heavy atom. The number of methoxy groups -OCH3 is 2. The van der Waals surface area contributed by atoms with Crippen LogP contribution in [0.4, 0.5) is 0 Å². The van der Waals surface area contributed by atoms with Crippen LogP contribution in [-0.4, -0.2) is 47.9 Å². The first kappa shape index (κ1) is 19.0. The second kappa shape index (κ2) is 7.88. The Morgan fingerprint density at radius 3 is 2.56 bits per heavy atom. The zero-order valence-electron chi connectivity index (χ0n) is 15.8. The number of benzene rings is 2. The summed E-state index contributed by atoms with van der Waals surface area (Å²) in [4.78, 5) is 14.5. The Bertz CT molecular complexity index is 818. The molecule has 1 heterocycles. The summed E-state index contributed by atoms with van der Waals surface area (Å²) in [6.45, 7) is 2.42. The lowest BCUT2D eigenvalue weighted by Gasteiger charge is -2.36. The number of phenols is 1. The Labute approximate surface area is 159 Å². The Morgan fingerprint density at radius 2 is 1.93 bits per heavy atom. The number of aliphatic hydroxyl groups excluding tert-OH is 1. The predicted octanol–water partition coefficient (Wildman–Crippen LogP) is 2.46. The average molecular weight is 371 g/mol. The zero-order chi connectivity index (χ0) is 19.6. The van der Waals surface area contributed by atoms with Crippen molar-refractivity contribution in [2.75, 3.05) is 20.8 Å². The molecule has 0 saturated carbocycles. The third kappa shape index (κ3) is 3.85. The number of aliphatic hydroxyl groups is 1. The van der Waals surface area contributed by atoms with Gasteiger partial charge in [0.05, 0.1) is 20.3 Å². The molecule has 2 N–H and O–H groups in total. The standard InChI is InChI=1S/C21H25NO5/c1-13-17-12-20(27-3)18(23)11-15(17)8-9-22(13)21(25)19(24)10-14-4-6-16(26-2)7-5-14/h4-7,11-13,19,23-24H,8-10H2,1-3H3. The van der Waals surface area contributed by atoms with Gasteiger partial charge in [-0.2, -0.15) is 0 Å². The van der Waals surface area contributed by atoms with E-state index in [9.17, 15) is 15.0 Å². The molecule has 6 heteroatoms. The number of ether oxygens (including phenoxy) is 2. The highest BCUT2D eigenvalue weighted by Gasteiger charge is 2.32. The summed E-state index contributed by atoms with van der Waals surface area (Å²) in [5.74, 6) is 0.922. The molecule has 2 atom stereocenters. The van der Waals surface area contributed by atoms with Crippen molar-refractivity contribution in [1.82, 2.24) is 4.90 Å². The van der Waals surface area contributed by atoms with Crippen molar-refractivity contribution in [1.29, 1.82) is 0 Å². The van der Waals surface area contributed by atoms with Crippen LogP contribution in [0.25, 0.3) is 0 Å². The predicted molar refractivity (Wildman–Crippen MR) is 101 cm³/mol. The van der Waals surface area contributed by atoms with Crippen LogP contribution < -0.4 is 9.47 Å². The maximum Gasteiger partial charge on any atom is 0.252 e. The lowest BCUT2D eigenvalue weighted by atomic mass is 9.92. The van der Waals surface area contributed by atoms with Gasteiger partial charge in [-0.05, 0) is 54.3 Å². The van der Waals surface area contributed by atoms with Crippen molar-refractivity contribution in [3.8, 4) is 17.2 Å². The van der Waals surface area contributed by atoms with Crippen LogP contribution in [-0.2, 0) is 17.6 Å². The average Bonchev–Trinajstić information content (AvgIpc) is 2.68. The van der Waals surface area contributed by atoms with Crippen LogP contribution in [0.3, 0.4) is 0 Å². The smallest absolute Gasteiger partial charge is 0.252 e. The van der Waals surface area contributed by atoms with Gasteiger partial charge < -0.3 is 24.6 Å². The number of nitrogens with zero attached hydrogens (tertiary/aromatic N) is 1. The fraction of sp³-hybridized carbons (Fsp3) is 0.381. The zero-order valence-corrected chi connectivity index (χ0v) is 15.8. The molecule has 0 saturated heterocycles. The van der Waals surface area contributed by atoms with Gasteiger partial charge in [0.25, 0.3) is 5.91 Å². The number of aromatic hydroxyl groups is 1. The van der Waals surface area contributed by atoms with Crippen molar-refractivity contribution in [2.24, 2.45) is 0 Å². The summed E-state index contributed by atoms with van der Waals surface area (Å²) in [5.41, 5.74) is 2.80. The molecule has 0 radical (unpaired) electrons. The number of carbonyl (C=O) groups is 1. The normalized spacial score (nSPS) is 17.2. The van der Waals surface area contributed by atoms with Gasteiger partial charge in [0.15, 0.2) is 11.5 Å². The van der Waals surface area contributed by atoms with Gasteiger partial charge >= 0.3 is 0 Å². The summed E-state index contributed by atoms with van der Waals surface area (Å²) in [6.07, 6.45) is -0.239. The second-order valence-corrected chi connectivity index (χ2v) is 6.75. The molecule has 1 amide bonds. The fourth-order valence-corrected chi connectivity index (χ4v) is 3.56. The molecular weight excluding hydrogens is 346 g/mol. The number of amides is 1. The lowest BCUT2D eigenvalue weighted by molar-refractivity contribution is -0.142. The van der Waals surface area contributed by atoms with Crippen molar-refractivity contribution in [2.45, 2.75) is 31.9 Å². The van der Waals surface area contributed by atoms with E-state index in [2.05, 4.69) is 0 Å². The maximum absolute atomic E-state index is 12.8. The number of fused-ring (bicyclic) bond motifs is 1. The number of phenolic OH excluding ortho intramolecular Hbond substituents is 1. The van der Waals surface area contributed by atoms with E-state index in [-0.39, 0.29) is 24.1 Å². The Kier molecular flexibility index (Phi) is 5.56. The lowest BCUT2D eigenvalue weighted by Crippen LogP contribution is -2.44. The van der Waals surface area contributed by atoms with Crippen molar-refractivity contribution in [3.63, 3.8) is 0 Å². The molecule has 1 aliphatic heterocycles. The molecule has 144 valence electrons. The first-order valence-corrected chi connectivity index (χ1v) is 8.95. The molecular formula is C21H25NO5. The molecule has 0 fully saturated rings. The Hall–Kier alpha value is -2.73. The summed E-state index contributed by atoms with van der Waals surface area (Å²) in [6, 6.07) is 10.6. The van der Waals surface area contributed by atoms with E-state index < -0.39 is 6.10 Å². The molecule has 1 aliphatic rings. The summed E-state index contributed by atoms with van der Waals surface area (Å²) in [5, 5.41) is 20.4. The van der Waals surface area contributed by atoms with Gasteiger partial charge in [0.2, 0.25) is 0 Å². The van der Waals surface area contributed by atoms with E-state index in [1.165, 1.54) is 7.11 Å². The number of carbonyl (C=O) groups excluding carboxylic acids is 1. The van der Waals surface area contributed by atoms with E-state index in [1.54, 1.807) is 24.1 Å². The van der Waals surface area contributed by atoms with Crippen molar-refractivity contribution >= 4 is 5.91 Å². The minimum atomic E-state index is -1.11. The summed E-state index contributed by atoms with van der Waals surface area (Å²) in [7, 11) is 3.09. The first-order valence-electron chi connectivity index (χ1n) is 8.95. The minimum absolute atomic E-state index is 0.0998. The first-order chi connectivity index (χ1) is 12.9.